The van der Waals surface area contributed by atoms with Gasteiger partial charge in [-0.1, -0.05) is 12.1 Å². The summed E-state index contributed by atoms with van der Waals surface area (Å²) in [6.07, 6.45) is -0.488. The van der Waals surface area contributed by atoms with Crippen LogP contribution in [0.1, 0.15) is 23.2 Å². The summed E-state index contributed by atoms with van der Waals surface area (Å²) < 4.78 is 25.3. The van der Waals surface area contributed by atoms with Crippen LogP contribution in [0.15, 0.2) is 29.2 Å². The van der Waals surface area contributed by atoms with Crippen molar-refractivity contribution in [1.29, 1.82) is 0 Å². The number of carbonyl (C=O) groups excluding carboxylic acids is 1. The fourth-order valence-corrected chi connectivity index (χ4v) is 2.40. The first-order valence-corrected chi connectivity index (χ1v) is 7.27. The van der Waals surface area contributed by atoms with Crippen LogP contribution in [0.3, 0.4) is 0 Å². The maximum absolute atomic E-state index is 11.7. The van der Waals surface area contributed by atoms with E-state index in [2.05, 4.69) is 0 Å². The first-order valence-electron chi connectivity index (χ1n) is 5.79. The summed E-state index contributed by atoms with van der Waals surface area (Å²) in [4.78, 5) is 32.1. The van der Waals surface area contributed by atoms with Gasteiger partial charge in [-0.15, -0.1) is 0 Å². The second-order valence-electron chi connectivity index (χ2n) is 4.06. The van der Waals surface area contributed by atoms with Gasteiger partial charge in [0.05, 0.1) is 11.3 Å². The zero-order chi connectivity index (χ0) is 16.0. The monoisotopic (exact) mass is 315 g/mol. The van der Waals surface area contributed by atoms with E-state index in [0.29, 0.717) is 0 Å². The Labute approximate surface area is 120 Å². The van der Waals surface area contributed by atoms with Crippen LogP contribution in [-0.4, -0.2) is 42.9 Å². The number of carboxylic acid groups (broad SMARTS) is 2. The molecule has 0 aliphatic heterocycles. The molecule has 8 nitrogen and oxygen atoms in total. The minimum absolute atomic E-state index is 0.182. The molecule has 0 atom stereocenters. The summed E-state index contributed by atoms with van der Waals surface area (Å²) in [7, 11) is -3.96. The Hall–Kier alpha value is -2.26. The highest BCUT2D eigenvalue weighted by molar-refractivity contribution is 7.89. The van der Waals surface area contributed by atoms with Crippen molar-refractivity contribution in [3.63, 3.8) is 0 Å². The van der Waals surface area contributed by atoms with Crippen molar-refractivity contribution in [2.75, 3.05) is 6.54 Å². The quantitative estimate of drug-likeness (QED) is 0.578. The van der Waals surface area contributed by atoms with E-state index in [9.17, 15) is 22.8 Å². The van der Waals surface area contributed by atoms with Crippen molar-refractivity contribution < 1.29 is 33.0 Å². The van der Waals surface area contributed by atoms with Crippen molar-refractivity contribution in [3.05, 3.63) is 29.8 Å². The van der Waals surface area contributed by atoms with Crippen LogP contribution in [0.5, 0.6) is 0 Å². The second-order valence-corrected chi connectivity index (χ2v) is 5.83. The molecule has 0 radical (unpaired) electrons. The third-order valence-electron chi connectivity index (χ3n) is 2.47. The highest BCUT2D eigenvalue weighted by Gasteiger charge is 2.16. The average Bonchev–Trinajstić information content (AvgIpc) is 2.43. The van der Waals surface area contributed by atoms with Crippen LogP contribution in [0.4, 0.5) is 0 Å². The predicted molar refractivity (Wildman–Crippen MR) is 70.5 cm³/mol. The molecule has 0 saturated carbocycles. The van der Waals surface area contributed by atoms with Gasteiger partial charge < -0.3 is 10.2 Å². The molecule has 1 aromatic carbocycles. The van der Waals surface area contributed by atoms with Crippen molar-refractivity contribution in [2.24, 2.45) is 0 Å². The van der Waals surface area contributed by atoms with Crippen LogP contribution in [0.2, 0.25) is 0 Å². The molecule has 0 fully saturated rings. The molecule has 0 bridgehead atoms. The summed E-state index contributed by atoms with van der Waals surface area (Å²) in [6.45, 7) is -0.748. The molecular formula is C12H13NO7S. The van der Waals surface area contributed by atoms with Crippen LogP contribution in [0.25, 0.3) is 0 Å². The lowest BCUT2D eigenvalue weighted by molar-refractivity contribution is -0.137. The summed E-state index contributed by atoms with van der Waals surface area (Å²) in [5.74, 6) is -2.83. The van der Waals surface area contributed by atoms with Crippen LogP contribution >= 0.6 is 0 Å². The van der Waals surface area contributed by atoms with Gasteiger partial charge in [0.1, 0.15) is 6.54 Å². The van der Waals surface area contributed by atoms with E-state index in [1.54, 1.807) is 0 Å². The van der Waals surface area contributed by atoms with Gasteiger partial charge in [-0.2, -0.15) is 4.72 Å². The van der Waals surface area contributed by atoms with Crippen molar-refractivity contribution in [1.82, 2.24) is 4.72 Å². The third-order valence-corrected chi connectivity index (χ3v) is 3.88. The largest absolute Gasteiger partial charge is 0.481 e. The van der Waals surface area contributed by atoms with Gasteiger partial charge in [-0.05, 0) is 12.1 Å². The lowest BCUT2D eigenvalue weighted by Crippen LogP contribution is -2.29. The maximum Gasteiger partial charge on any atom is 0.318 e. The van der Waals surface area contributed by atoms with Gasteiger partial charge in [0.2, 0.25) is 10.0 Å². The second kappa shape index (κ2) is 6.95. The first-order chi connectivity index (χ1) is 9.72. The molecule has 1 rings (SSSR count). The predicted octanol–water partition coefficient (Wildman–Crippen LogP) is 0.0970. The summed E-state index contributed by atoms with van der Waals surface area (Å²) in [5, 5.41) is 16.9. The number of Topliss-reactive ketones (excluding diaryl/α,β-unsaturated/α-hetero) is 1. The minimum Gasteiger partial charge on any atom is -0.481 e. The van der Waals surface area contributed by atoms with E-state index in [4.69, 9.17) is 10.2 Å². The number of sulfonamides is 1. The van der Waals surface area contributed by atoms with Crippen molar-refractivity contribution >= 4 is 27.7 Å². The van der Waals surface area contributed by atoms with Crippen molar-refractivity contribution in [3.8, 4) is 0 Å². The molecule has 0 aliphatic rings. The van der Waals surface area contributed by atoms with E-state index in [-0.39, 0.29) is 23.3 Å². The molecule has 0 aliphatic carbocycles. The lowest BCUT2D eigenvalue weighted by atomic mass is 10.1. The number of hydrogen-bond donors (Lipinski definition) is 3. The summed E-state index contributed by atoms with van der Waals surface area (Å²) >= 11 is 0. The lowest BCUT2D eigenvalue weighted by Gasteiger charge is -2.05. The van der Waals surface area contributed by atoms with Crippen molar-refractivity contribution in [2.45, 2.75) is 17.7 Å². The van der Waals surface area contributed by atoms with E-state index in [1.807, 2.05) is 4.72 Å². The number of hydrogen-bond acceptors (Lipinski definition) is 5. The fraction of sp³-hybridized carbons (Fsp3) is 0.250. The van der Waals surface area contributed by atoms with Gasteiger partial charge in [0, 0.05) is 12.0 Å². The SMILES string of the molecule is O=C(O)CCC(=O)c1ccc(S(=O)(=O)NCC(=O)O)cc1. The molecule has 0 unspecified atom stereocenters. The van der Waals surface area contributed by atoms with E-state index < -0.39 is 34.3 Å². The van der Waals surface area contributed by atoms with Gasteiger partial charge >= 0.3 is 11.9 Å². The topological polar surface area (TPSA) is 138 Å². The molecule has 21 heavy (non-hydrogen) atoms. The molecule has 0 saturated heterocycles. The van der Waals surface area contributed by atoms with Gasteiger partial charge in [-0.25, -0.2) is 8.42 Å². The molecule has 0 heterocycles. The van der Waals surface area contributed by atoms with E-state index in [0.717, 1.165) is 12.1 Å². The Morgan fingerprint density at radius 2 is 1.52 bits per heavy atom. The summed E-state index contributed by atoms with van der Waals surface area (Å²) in [6, 6.07) is 4.80. The molecule has 0 spiro atoms. The molecule has 114 valence electrons. The number of ketones is 1. The molecule has 0 amide bonds. The highest BCUT2D eigenvalue weighted by Crippen LogP contribution is 2.12. The first kappa shape index (κ1) is 16.8. The molecule has 3 N–H and O–H groups in total. The Balaban J connectivity index is 2.80. The van der Waals surface area contributed by atoms with Crippen LogP contribution in [0, 0.1) is 0 Å². The molecule has 9 heteroatoms. The maximum atomic E-state index is 11.7. The Morgan fingerprint density at radius 3 is 2.00 bits per heavy atom. The van der Waals surface area contributed by atoms with Gasteiger partial charge in [-0.3, -0.25) is 14.4 Å². The Morgan fingerprint density at radius 1 is 0.952 bits per heavy atom. The van der Waals surface area contributed by atoms with E-state index in [1.165, 1.54) is 12.1 Å². The van der Waals surface area contributed by atoms with Crippen LogP contribution < -0.4 is 4.72 Å². The molecular weight excluding hydrogens is 302 g/mol. The Kier molecular flexibility index (Phi) is 5.56. The van der Waals surface area contributed by atoms with Gasteiger partial charge in [0.15, 0.2) is 5.78 Å². The zero-order valence-corrected chi connectivity index (χ0v) is 11.6. The number of carboxylic acids is 2. The van der Waals surface area contributed by atoms with E-state index >= 15 is 0 Å². The number of carbonyl (C=O) groups is 3. The van der Waals surface area contributed by atoms with Gasteiger partial charge in [0.25, 0.3) is 0 Å². The zero-order valence-electron chi connectivity index (χ0n) is 10.8. The normalized spacial score (nSPS) is 11.0. The Bertz CT molecular complexity index is 649. The third kappa shape index (κ3) is 5.32. The number of benzene rings is 1. The highest BCUT2D eigenvalue weighted by atomic mass is 32.2. The number of nitrogens with one attached hydrogen (secondary N) is 1. The smallest absolute Gasteiger partial charge is 0.318 e. The van der Waals surface area contributed by atoms with Crippen LogP contribution in [-0.2, 0) is 19.6 Å². The average molecular weight is 315 g/mol. The standard InChI is InChI=1S/C12H13NO7S/c14-10(5-6-11(15)16)8-1-3-9(4-2-8)21(19,20)13-7-12(17)18/h1-4,13H,5-7H2,(H,15,16)(H,17,18). The fourth-order valence-electron chi connectivity index (χ4n) is 1.42. The minimum atomic E-state index is -3.96. The number of rotatable bonds is 8. The molecule has 1 aromatic rings. The summed E-state index contributed by atoms with van der Waals surface area (Å²) in [5.41, 5.74) is 0.188. The number of aliphatic carboxylic acids is 2. The molecule has 0 aromatic heterocycles.